The van der Waals surface area contributed by atoms with Crippen LogP contribution in [0.15, 0.2) is 59.4 Å². The summed E-state index contributed by atoms with van der Waals surface area (Å²) >= 11 is 0. The molecule has 1 unspecified atom stereocenters. The second-order valence-corrected chi connectivity index (χ2v) is 10.9. The lowest BCUT2D eigenvalue weighted by Crippen LogP contribution is -2.43. The van der Waals surface area contributed by atoms with Gasteiger partial charge in [0.25, 0.3) is 5.56 Å². The van der Waals surface area contributed by atoms with Gasteiger partial charge in [-0.1, -0.05) is 75.1 Å². The zero-order chi connectivity index (χ0) is 25.8. The Kier molecular flexibility index (Phi) is 7.79. The molecule has 7 heteroatoms. The van der Waals surface area contributed by atoms with Crippen LogP contribution < -0.4 is 5.56 Å². The third kappa shape index (κ3) is 5.82. The number of aryl methyl sites for hydroxylation is 3. The van der Waals surface area contributed by atoms with E-state index in [0.717, 1.165) is 48.1 Å². The second-order valence-electron chi connectivity index (χ2n) is 10.9. The Morgan fingerprint density at radius 2 is 1.84 bits per heavy atom. The molecule has 1 N–H and O–H groups in total. The molecule has 194 valence electrons. The van der Waals surface area contributed by atoms with Gasteiger partial charge in [-0.25, -0.2) is 4.68 Å². The highest BCUT2D eigenvalue weighted by Gasteiger charge is 2.34. The highest BCUT2D eigenvalue weighted by molar-refractivity contribution is 5.79. The van der Waals surface area contributed by atoms with Crippen molar-refractivity contribution >= 4 is 10.9 Å². The number of pyridine rings is 1. The fourth-order valence-corrected chi connectivity index (χ4v) is 5.84. The molecule has 1 fully saturated rings. The topological polar surface area (TPSA) is 79.7 Å². The molecule has 4 aromatic rings. The highest BCUT2D eigenvalue weighted by atomic mass is 16.1. The molecule has 2 aromatic heterocycles. The number of hydrogen-bond donors (Lipinski definition) is 1. The monoisotopic (exact) mass is 498 g/mol. The van der Waals surface area contributed by atoms with Gasteiger partial charge in [0.2, 0.25) is 0 Å². The quantitative estimate of drug-likeness (QED) is 0.325. The van der Waals surface area contributed by atoms with E-state index in [1.807, 2.05) is 22.9 Å². The molecule has 7 nitrogen and oxygen atoms in total. The van der Waals surface area contributed by atoms with E-state index < -0.39 is 0 Å². The van der Waals surface area contributed by atoms with Crippen molar-refractivity contribution in [2.75, 3.05) is 0 Å². The summed E-state index contributed by atoms with van der Waals surface area (Å²) in [6, 6.07) is 19.1. The Morgan fingerprint density at radius 1 is 1.05 bits per heavy atom. The van der Waals surface area contributed by atoms with E-state index in [9.17, 15) is 4.79 Å². The van der Waals surface area contributed by atoms with Crippen LogP contribution >= 0.6 is 0 Å². The van der Waals surface area contributed by atoms with Crippen LogP contribution in [-0.2, 0) is 19.5 Å². The van der Waals surface area contributed by atoms with Crippen molar-refractivity contribution in [2.24, 2.45) is 5.92 Å². The van der Waals surface area contributed by atoms with E-state index >= 15 is 0 Å². The van der Waals surface area contributed by atoms with Crippen LogP contribution in [0, 0.1) is 12.8 Å². The van der Waals surface area contributed by atoms with Crippen molar-refractivity contribution < 1.29 is 0 Å². The number of fused-ring (bicyclic) bond motifs is 1. The lowest BCUT2D eigenvalue weighted by atomic mass is 9.90. The first-order chi connectivity index (χ1) is 18.0. The van der Waals surface area contributed by atoms with Gasteiger partial charge in [-0.15, -0.1) is 5.10 Å². The Morgan fingerprint density at radius 3 is 2.59 bits per heavy atom. The molecule has 0 spiro atoms. The van der Waals surface area contributed by atoms with E-state index in [-0.39, 0.29) is 17.5 Å². The summed E-state index contributed by atoms with van der Waals surface area (Å²) < 4.78 is 1.97. The first-order valence-electron chi connectivity index (χ1n) is 13.7. The number of aromatic amines is 1. The van der Waals surface area contributed by atoms with Crippen LogP contribution in [0.3, 0.4) is 0 Å². The number of nitrogens with zero attached hydrogens (tertiary/aromatic N) is 5. The summed E-state index contributed by atoms with van der Waals surface area (Å²) in [6.45, 7) is 7.88. The average Bonchev–Trinajstić information content (AvgIpc) is 3.36. The molecule has 1 saturated carbocycles. The molecule has 0 saturated heterocycles. The lowest BCUT2D eigenvalue weighted by molar-refractivity contribution is 0.0608. The van der Waals surface area contributed by atoms with Gasteiger partial charge >= 0.3 is 0 Å². The first-order valence-corrected chi connectivity index (χ1v) is 13.7. The normalized spacial score (nSPS) is 15.6. The van der Waals surface area contributed by atoms with Crippen LogP contribution in [0.2, 0.25) is 0 Å². The first kappa shape index (κ1) is 25.3. The van der Waals surface area contributed by atoms with Gasteiger partial charge in [0, 0.05) is 30.2 Å². The number of rotatable bonds is 9. The minimum atomic E-state index is -0.0108. The zero-order valence-electron chi connectivity index (χ0n) is 22.2. The molecular weight excluding hydrogens is 460 g/mol. The van der Waals surface area contributed by atoms with Crippen LogP contribution in [0.1, 0.15) is 74.5 Å². The van der Waals surface area contributed by atoms with Gasteiger partial charge in [0.1, 0.15) is 0 Å². The fourth-order valence-electron chi connectivity index (χ4n) is 5.84. The number of H-pyrrole nitrogens is 1. The Labute approximate surface area is 218 Å². The molecular formula is C30H38N6O. The van der Waals surface area contributed by atoms with Crippen LogP contribution in [0.5, 0.6) is 0 Å². The number of aromatic nitrogens is 5. The van der Waals surface area contributed by atoms with Crippen LogP contribution in [0.25, 0.3) is 10.9 Å². The minimum Gasteiger partial charge on any atom is -0.322 e. The molecule has 0 amide bonds. The third-order valence-corrected chi connectivity index (χ3v) is 7.74. The number of benzene rings is 2. The summed E-state index contributed by atoms with van der Waals surface area (Å²) in [7, 11) is 0. The second kappa shape index (κ2) is 11.4. The third-order valence-electron chi connectivity index (χ3n) is 7.74. The minimum absolute atomic E-state index is 0.0108. The zero-order valence-corrected chi connectivity index (χ0v) is 22.2. The number of nitrogens with one attached hydrogen (secondary N) is 1. The summed E-state index contributed by atoms with van der Waals surface area (Å²) in [4.78, 5) is 18.9. The fraction of sp³-hybridized carbons (Fsp3) is 0.467. The molecule has 1 aliphatic rings. The van der Waals surface area contributed by atoms with Crippen molar-refractivity contribution in [3.05, 3.63) is 87.5 Å². The van der Waals surface area contributed by atoms with Crippen molar-refractivity contribution in [1.82, 2.24) is 30.1 Å². The van der Waals surface area contributed by atoms with Crippen molar-refractivity contribution in [2.45, 2.75) is 84.5 Å². The van der Waals surface area contributed by atoms with Crippen molar-refractivity contribution in [3.63, 3.8) is 0 Å². The molecule has 0 bridgehead atoms. The van der Waals surface area contributed by atoms with Gasteiger partial charge in [-0.3, -0.25) is 9.69 Å². The molecule has 1 atom stereocenters. The van der Waals surface area contributed by atoms with Gasteiger partial charge in [-0.2, -0.15) is 0 Å². The van der Waals surface area contributed by atoms with E-state index in [1.165, 1.54) is 30.4 Å². The molecule has 5 rings (SSSR count). The maximum absolute atomic E-state index is 13.2. The SMILES string of the molecule is Cc1ccc2[nH]c(=O)c(CN(C3CCCCC3)C(c3nnnn3CCc3ccccc3)C(C)C)cc2c1. The number of hydrogen-bond acceptors (Lipinski definition) is 5. The van der Waals surface area contributed by atoms with Crippen LogP contribution in [0.4, 0.5) is 0 Å². The standard InChI is InChI=1S/C30H38N6O/c1-21(2)28(29-32-33-34-36(29)17-16-23-10-6-4-7-11-23)35(26-12-8-5-9-13-26)20-25-19-24-18-22(3)14-15-27(24)31-30(25)37/h4,6-7,10-11,14-15,18-19,21,26,28H,5,8-9,12-13,16-17,20H2,1-3H3,(H,31,37). The largest absolute Gasteiger partial charge is 0.322 e. The summed E-state index contributed by atoms with van der Waals surface area (Å²) in [6.07, 6.45) is 6.87. The van der Waals surface area contributed by atoms with E-state index in [2.05, 4.69) is 82.6 Å². The van der Waals surface area contributed by atoms with E-state index in [0.29, 0.717) is 12.6 Å². The summed E-state index contributed by atoms with van der Waals surface area (Å²) in [5, 5.41) is 14.1. The van der Waals surface area contributed by atoms with Crippen molar-refractivity contribution in [1.29, 1.82) is 0 Å². The Bertz CT molecular complexity index is 1370. The van der Waals surface area contributed by atoms with Gasteiger partial charge in [-0.05, 0) is 71.7 Å². The number of tetrazole rings is 1. The molecule has 0 aliphatic heterocycles. The molecule has 2 aromatic carbocycles. The van der Waals surface area contributed by atoms with Gasteiger partial charge < -0.3 is 4.98 Å². The van der Waals surface area contributed by atoms with Gasteiger partial charge in [0.05, 0.1) is 6.04 Å². The molecule has 2 heterocycles. The van der Waals surface area contributed by atoms with E-state index in [1.54, 1.807) is 0 Å². The molecule has 1 aliphatic carbocycles. The van der Waals surface area contributed by atoms with Crippen molar-refractivity contribution in [3.8, 4) is 0 Å². The average molecular weight is 499 g/mol. The summed E-state index contributed by atoms with van der Waals surface area (Å²) in [5.74, 6) is 1.18. The highest BCUT2D eigenvalue weighted by Crippen LogP contribution is 2.35. The molecule has 37 heavy (non-hydrogen) atoms. The molecule has 0 radical (unpaired) electrons. The maximum atomic E-state index is 13.2. The summed E-state index contributed by atoms with van der Waals surface area (Å²) in [5.41, 5.74) is 4.13. The van der Waals surface area contributed by atoms with Crippen LogP contribution in [-0.4, -0.2) is 36.1 Å². The lowest BCUT2D eigenvalue weighted by Gasteiger charge is -2.41. The predicted molar refractivity (Wildman–Crippen MR) is 147 cm³/mol. The van der Waals surface area contributed by atoms with Gasteiger partial charge in [0.15, 0.2) is 5.82 Å². The van der Waals surface area contributed by atoms with E-state index in [4.69, 9.17) is 0 Å². The Hall–Kier alpha value is -3.32. The maximum Gasteiger partial charge on any atom is 0.252 e. The smallest absolute Gasteiger partial charge is 0.252 e. The Balaban J connectivity index is 1.49. The predicted octanol–water partition coefficient (Wildman–Crippen LogP) is 5.60.